The van der Waals surface area contributed by atoms with Crippen molar-refractivity contribution in [2.24, 2.45) is 0 Å². The summed E-state index contributed by atoms with van der Waals surface area (Å²) < 4.78 is 0. The highest BCUT2D eigenvalue weighted by Gasteiger charge is 2.21. The maximum absolute atomic E-state index is 12.2. The van der Waals surface area contributed by atoms with Crippen LogP contribution in [0.1, 0.15) is 48.9 Å². The number of nitro benzene ring substituents is 1. The van der Waals surface area contributed by atoms with Crippen LogP contribution < -0.4 is 5.32 Å². The summed E-state index contributed by atoms with van der Waals surface area (Å²) in [5, 5.41) is 14.0. The Kier molecular flexibility index (Phi) is 6.99. The SMILES string of the molecule is CN(CCCNC(=O)c1ccc(Cl)cc1[N+](=O)[O-])C1CCCCC1. The number of nitrogens with one attached hydrogen (secondary N) is 1. The van der Waals surface area contributed by atoms with E-state index in [9.17, 15) is 14.9 Å². The van der Waals surface area contributed by atoms with Crippen molar-refractivity contribution < 1.29 is 9.72 Å². The Hall–Kier alpha value is -1.66. The van der Waals surface area contributed by atoms with Crippen LogP contribution >= 0.6 is 11.6 Å². The third-order valence-electron chi connectivity index (χ3n) is 4.57. The Labute approximate surface area is 147 Å². The summed E-state index contributed by atoms with van der Waals surface area (Å²) in [6.07, 6.45) is 7.25. The molecule has 0 saturated heterocycles. The normalized spacial score (nSPS) is 15.5. The predicted octanol–water partition coefficient (Wildman–Crippen LogP) is 3.63. The van der Waals surface area contributed by atoms with E-state index in [2.05, 4.69) is 17.3 Å². The zero-order valence-corrected chi connectivity index (χ0v) is 14.7. The van der Waals surface area contributed by atoms with Crippen LogP contribution in [0.15, 0.2) is 18.2 Å². The molecule has 132 valence electrons. The van der Waals surface area contributed by atoms with Crippen LogP contribution in [0.5, 0.6) is 0 Å². The molecule has 1 amide bonds. The standard InChI is InChI=1S/C17H24ClN3O3/c1-20(14-6-3-2-4-7-14)11-5-10-19-17(22)15-9-8-13(18)12-16(15)21(23)24/h8-9,12,14H,2-7,10-11H2,1H3,(H,19,22). The molecule has 0 aromatic heterocycles. The Morgan fingerprint density at radius 1 is 1.38 bits per heavy atom. The third-order valence-corrected chi connectivity index (χ3v) is 4.81. The molecule has 6 nitrogen and oxygen atoms in total. The summed E-state index contributed by atoms with van der Waals surface area (Å²) >= 11 is 5.76. The Balaban J connectivity index is 1.80. The molecule has 2 rings (SSSR count). The average molecular weight is 354 g/mol. The molecule has 1 fully saturated rings. The number of amides is 1. The van der Waals surface area contributed by atoms with E-state index in [4.69, 9.17) is 11.6 Å². The zero-order chi connectivity index (χ0) is 17.5. The average Bonchev–Trinajstić information content (AvgIpc) is 2.59. The van der Waals surface area contributed by atoms with Crippen molar-refractivity contribution in [3.8, 4) is 0 Å². The van der Waals surface area contributed by atoms with E-state index in [-0.39, 0.29) is 16.3 Å². The van der Waals surface area contributed by atoms with Crippen LogP contribution in [0, 0.1) is 10.1 Å². The van der Waals surface area contributed by atoms with E-state index in [1.54, 1.807) is 0 Å². The third kappa shape index (κ3) is 5.18. The van der Waals surface area contributed by atoms with Gasteiger partial charge in [-0.2, -0.15) is 0 Å². The van der Waals surface area contributed by atoms with Gasteiger partial charge in [0.1, 0.15) is 5.56 Å². The summed E-state index contributed by atoms with van der Waals surface area (Å²) in [4.78, 5) is 25.0. The molecule has 1 aliphatic carbocycles. The van der Waals surface area contributed by atoms with Crippen LogP contribution in [-0.4, -0.2) is 41.9 Å². The number of nitrogens with zero attached hydrogens (tertiary/aromatic N) is 2. The van der Waals surface area contributed by atoms with Crippen LogP contribution in [-0.2, 0) is 0 Å². The molecule has 1 N–H and O–H groups in total. The van der Waals surface area contributed by atoms with Crippen molar-refractivity contribution in [3.05, 3.63) is 38.9 Å². The molecule has 0 radical (unpaired) electrons. The Bertz CT molecular complexity index is 588. The van der Waals surface area contributed by atoms with E-state index in [1.165, 1.54) is 50.3 Å². The topological polar surface area (TPSA) is 75.5 Å². The highest BCUT2D eigenvalue weighted by Crippen LogP contribution is 2.23. The van der Waals surface area contributed by atoms with Gasteiger partial charge in [0.15, 0.2) is 0 Å². The minimum Gasteiger partial charge on any atom is -0.352 e. The van der Waals surface area contributed by atoms with Gasteiger partial charge in [0.2, 0.25) is 0 Å². The van der Waals surface area contributed by atoms with Gasteiger partial charge in [-0.3, -0.25) is 14.9 Å². The van der Waals surface area contributed by atoms with Crippen LogP contribution in [0.25, 0.3) is 0 Å². The van der Waals surface area contributed by atoms with Gasteiger partial charge >= 0.3 is 0 Å². The molecule has 24 heavy (non-hydrogen) atoms. The number of carbonyl (C=O) groups excluding carboxylic acids is 1. The first-order chi connectivity index (χ1) is 11.5. The highest BCUT2D eigenvalue weighted by molar-refractivity contribution is 6.31. The molecule has 7 heteroatoms. The first kappa shape index (κ1) is 18.7. The van der Waals surface area contributed by atoms with Crippen molar-refractivity contribution in [2.75, 3.05) is 20.1 Å². The van der Waals surface area contributed by atoms with Gasteiger partial charge in [0.25, 0.3) is 11.6 Å². The molecular formula is C17H24ClN3O3. The number of hydrogen-bond acceptors (Lipinski definition) is 4. The first-order valence-corrected chi connectivity index (χ1v) is 8.79. The monoisotopic (exact) mass is 353 g/mol. The van der Waals surface area contributed by atoms with Crippen molar-refractivity contribution in [1.82, 2.24) is 10.2 Å². The summed E-state index contributed by atoms with van der Waals surface area (Å²) in [6, 6.07) is 4.73. The fourth-order valence-electron chi connectivity index (χ4n) is 3.18. The van der Waals surface area contributed by atoms with E-state index < -0.39 is 10.8 Å². The minimum atomic E-state index is -0.586. The molecule has 0 spiro atoms. The largest absolute Gasteiger partial charge is 0.352 e. The van der Waals surface area contributed by atoms with Gasteiger partial charge in [0, 0.05) is 23.7 Å². The second-order valence-electron chi connectivity index (χ2n) is 6.30. The number of hydrogen-bond donors (Lipinski definition) is 1. The lowest BCUT2D eigenvalue weighted by molar-refractivity contribution is -0.385. The summed E-state index contributed by atoms with van der Waals surface area (Å²) in [7, 11) is 2.13. The van der Waals surface area contributed by atoms with Crippen molar-refractivity contribution in [2.45, 2.75) is 44.6 Å². The number of benzene rings is 1. The summed E-state index contributed by atoms with van der Waals surface area (Å²) in [5.74, 6) is -0.432. The molecule has 0 heterocycles. The Morgan fingerprint density at radius 2 is 2.08 bits per heavy atom. The maximum Gasteiger partial charge on any atom is 0.283 e. The molecule has 0 aliphatic heterocycles. The lowest BCUT2D eigenvalue weighted by Crippen LogP contribution is -2.35. The van der Waals surface area contributed by atoms with Crippen LogP contribution in [0.2, 0.25) is 5.02 Å². The Morgan fingerprint density at radius 3 is 2.75 bits per heavy atom. The fourth-order valence-corrected chi connectivity index (χ4v) is 3.34. The second kappa shape index (κ2) is 8.99. The summed E-state index contributed by atoms with van der Waals surface area (Å²) in [5.41, 5.74) is -0.218. The molecule has 1 aromatic carbocycles. The quantitative estimate of drug-likeness (QED) is 0.461. The van der Waals surface area contributed by atoms with E-state index in [0.29, 0.717) is 12.6 Å². The number of carbonyl (C=O) groups is 1. The maximum atomic E-state index is 12.2. The van der Waals surface area contributed by atoms with Gasteiger partial charge in [-0.15, -0.1) is 0 Å². The van der Waals surface area contributed by atoms with Crippen molar-refractivity contribution >= 4 is 23.2 Å². The number of halogens is 1. The van der Waals surface area contributed by atoms with Crippen LogP contribution in [0.3, 0.4) is 0 Å². The molecule has 1 saturated carbocycles. The molecule has 0 unspecified atom stereocenters. The highest BCUT2D eigenvalue weighted by atomic mass is 35.5. The van der Waals surface area contributed by atoms with E-state index >= 15 is 0 Å². The molecular weight excluding hydrogens is 330 g/mol. The van der Waals surface area contributed by atoms with E-state index in [1.807, 2.05) is 0 Å². The van der Waals surface area contributed by atoms with Gasteiger partial charge < -0.3 is 10.2 Å². The van der Waals surface area contributed by atoms with Gasteiger partial charge in [-0.25, -0.2) is 0 Å². The van der Waals surface area contributed by atoms with Gasteiger partial charge in [0.05, 0.1) is 4.92 Å². The van der Waals surface area contributed by atoms with Crippen molar-refractivity contribution in [3.63, 3.8) is 0 Å². The van der Waals surface area contributed by atoms with Crippen molar-refractivity contribution in [1.29, 1.82) is 0 Å². The first-order valence-electron chi connectivity index (χ1n) is 8.41. The fraction of sp³-hybridized carbons (Fsp3) is 0.588. The predicted molar refractivity (Wildman–Crippen MR) is 94.6 cm³/mol. The van der Waals surface area contributed by atoms with Crippen LogP contribution in [0.4, 0.5) is 5.69 Å². The number of rotatable bonds is 7. The lowest BCUT2D eigenvalue weighted by Gasteiger charge is -2.31. The summed E-state index contributed by atoms with van der Waals surface area (Å²) in [6.45, 7) is 1.41. The number of nitro groups is 1. The van der Waals surface area contributed by atoms with Gasteiger partial charge in [-0.1, -0.05) is 30.9 Å². The lowest BCUT2D eigenvalue weighted by atomic mass is 9.94. The zero-order valence-electron chi connectivity index (χ0n) is 14.0. The molecule has 0 bridgehead atoms. The molecule has 1 aromatic rings. The van der Waals surface area contributed by atoms with Gasteiger partial charge in [-0.05, 0) is 45.0 Å². The minimum absolute atomic E-state index is 0.0463. The van der Waals surface area contributed by atoms with E-state index in [0.717, 1.165) is 13.0 Å². The molecule has 0 atom stereocenters. The second-order valence-corrected chi connectivity index (χ2v) is 6.74. The molecule has 1 aliphatic rings. The smallest absolute Gasteiger partial charge is 0.283 e.